The summed E-state index contributed by atoms with van der Waals surface area (Å²) in [5, 5.41) is 10.2. The predicted molar refractivity (Wildman–Crippen MR) is 121 cm³/mol. The summed E-state index contributed by atoms with van der Waals surface area (Å²) in [5.74, 6) is 0.302. The second-order valence-corrected chi connectivity index (χ2v) is 7.94. The highest BCUT2D eigenvalue weighted by Crippen LogP contribution is 2.49. The van der Waals surface area contributed by atoms with E-state index in [0.717, 1.165) is 28.7 Å². The van der Waals surface area contributed by atoms with E-state index in [4.69, 9.17) is 14.2 Å². The lowest BCUT2D eigenvalue weighted by molar-refractivity contribution is -0.127. The van der Waals surface area contributed by atoms with E-state index < -0.39 is 11.9 Å². The Balaban J connectivity index is 1.96. The third-order valence-electron chi connectivity index (χ3n) is 6.12. The number of hydrogen-bond acceptors (Lipinski definition) is 6. The van der Waals surface area contributed by atoms with Crippen molar-refractivity contribution in [2.24, 2.45) is 0 Å². The normalized spacial score (nSPS) is 16.8. The monoisotopic (exact) mass is 444 g/mol. The lowest BCUT2D eigenvalue weighted by Gasteiger charge is -2.36. The highest BCUT2D eigenvalue weighted by molar-refractivity contribution is 5.89. The van der Waals surface area contributed by atoms with Gasteiger partial charge in [0.2, 0.25) is 11.8 Å². The molecule has 2 aliphatic rings. The molecule has 4 rings (SSSR count). The SMILES string of the molecule is COC(=O)c1cccc(C2C(C#N)=C(N(C)C(C)=O)OC3=C2CCc2ccc(OC)cc23)c1. The van der Waals surface area contributed by atoms with Crippen LogP contribution in [0.4, 0.5) is 0 Å². The number of aryl methyl sites for hydroxylation is 1. The minimum atomic E-state index is -0.473. The summed E-state index contributed by atoms with van der Waals surface area (Å²) in [4.78, 5) is 25.8. The average molecular weight is 444 g/mol. The first-order valence-electron chi connectivity index (χ1n) is 10.5. The van der Waals surface area contributed by atoms with E-state index in [1.54, 1.807) is 32.4 Å². The molecule has 2 aromatic rings. The van der Waals surface area contributed by atoms with Crippen LogP contribution in [0.15, 0.2) is 59.5 Å². The van der Waals surface area contributed by atoms with Crippen molar-refractivity contribution in [2.75, 3.05) is 21.3 Å². The van der Waals surface area contributed by atoms with Gasteiger partial charge in [-0.3, -0.25) is 9.69 Å². The molecule has 1 atom stereocenters. The summed E-state index contributed by atoms with van der Waals surface area (Å²) in [6.07, 6.45) is 1.44. The second kappa shape index (κ2) is 8.83. The van der Waals surface area contributed by atoms with Crippen LogP contribution in [-0.2, 0) is 20.7 Å². The fraction of sp³-hybridized carbons (Fsp3) is 0.269. The number of ether oxygens (including phenoxy) is 3. The van der Waals surface area contributed by atoms with Crippen LogP contribution in [0.2, 0.25) is 0 Å². The number of amides is 1. The zero-order chi connectivity index (χ0) is 23.7. The van der Waals surface area contributed by atoms with E-state index in [2.05, 4.69) is 6.07 Å². The Kier molecular flexibility index (Phi) is 5.93. The molecule has 1 amide bonds. The van der Waals surface area contributed by atoms with Gasteiger partial charge >= 0.3 is 5.97 Å². The summed E-state index contributed by atoms with van der Waals surface area (Å²) in [5.41, 5.74) is 4.36. The van der Waals surface area contributed by atoms with Crippen LogP contribution in [0.5, 0.6) is 5.75 Å². The maximum Gasteiger partial charge on any atom is 0.337 e. The van der Waals surface area contributed by atoms with Gasteiger partial charge in [-0.05, 0) is 53.8 Å². The molecule has 168 valence electrons. The van der Waals surface area contributed by atoms with E-state index in [9.17, 15) is 14.9 Å². The third kappa shape index (κ3) is 3.85. The Bertz CT molecular complexity index is 1250. The molecule has 0 fully saturated rings. The average Bonchev–Trinajstić information content (AvgIpc) is 2.85. The summed E-state index contributed by atoms with van der Waals surface area (Å²) in [7, 11) is 4.51. The second-order valence-electron chi connectivity index (χ2n) is 7.94. The Morgan fingerprint density at radius 2 is 1.94 bits per heavy atom. The Labute approximate surface area is 192 Å². The molecule has 1 aliphatic carbocycles. The summed E-state index contributed by atoms with van der Waals surface area (Å²) in [6, 6.07) is 15.1. The van der Waals surface area contributed by atoms with Crippen LogP contribution >= 0.6 is 0 Å². The molecular formula is C26H24N2O5. The molecule has 2 aromatic carbocycles. The highest BCUT2D eigenvalue weighted by atomic mass is 16.5. The maximum absolute atomic E-state index is 12.2. The molecule has 7 nitrogen and oxygen atoms in total. The highest BCUT2D eigenvalue weighted by Gasteiger charge is 2.38. The molecule has 0 bridgehead atoms. The van der Waals surface area contributed by atoms with Gasteiger partial charge in [0.1, 0.15) is 23.2 Å². The van der Waals surface area contributed by atoms with Gasteiger partial charge in [-0.15, -0.1) is 0 Å². The van der Waals surface area contributed by atoms with Gasteiger partial charge in [0.05, 0.1) is 19.8 Å². The number of allylic oxidation sites excluding steroid dienone is 2. The molecule has 1 aliphatic heterocycles. The largest absolute Gasteiger partial charge is 0.497 e. The van der Waals surface area contributed by atoms with Crippen LogP contribution in [-0.4, -0.2) is 38.0 Å². The molecule has 0 saturated heterocycles. The predicted octanol–water partition coefficient (Wildman–Crippen LogP) is 4.17. The molecule has 0 saturated carbocycles. The van der Waals surface area contributed by atoms with Crippen molar-refractivity contribution in [3.05, 3.63) is 81.7 Å². The van der Waals surface area contributed by atoms with Gasteiger partial charge in [-0.1, -0.05) is 18.2 Å². The summed E-state index contributed by atoms with van der Waals surface area (Å²) >= 11 is 0. The number of nitrogens with zero attached hydrogens (tertiary/aromatic N) is 2. The van der Waals surface area contributed by atoms with Crippen molar-refractivity contribution < 1.29 is 23.8 Å². The Morgan fingerprint density at radius 1 is 1.15 bits per heavy atom. The number of benzene rings is 2. The van der Waals surface area contributed by atoms with Crippen LogP contribution in [0, 0.1) is 11.3 Å². The number of rotatable bonds is 4. The van der Waals surface area contributed by atoms with E-state index in [0.29, 0.717) is 29.1 Å². The Hall–Kier alpha value is -4.05. The van der Waals surface area contributed by atoms with Gasteiger partial charge in [0.25, 0.3) is 0 Å². The van der Waals surface area contributed by atoms with Crippen LogP contribution < -0.4 is 4.74 Å². The summed E-state index contributed by atoms with van der Waals surface area (Å²) < 4.78 is 16.6. The summed E-state index contributed by atoms with van der Waals surface area (Å²) in [6.45, 7) is 1.42. The van der Waals surface area contributed by atoms with E-state index in [-0.39, 0.29) is 11.8 Å². The zero-order valence-corrected chi connectivity index (χ0v) is 19.0. The molecule has 0 N–H and O–H groups in total. The first-order chi connectivity index (χ1) is 15.9. The molecule has 33 heavy (non-hydrogen) atoms. The number of carbonyl (C=O) groups is 2. The molecule has 0 spiro atoms. The quantitative estimate of drug-likeness (QED) is 0.658. The van der Waals surface area contributed by atoms with Crippen molar-refractivity contribution in [1.82, 2.24) is 4.90 Å². The van der Waals surface area contributed by atoms with Crippen molar-refractivity contribution >= 4 is 17.6 Å². The minimum absolute atomic E-state index is 0.188. The number of fused-ring (bicyclic) bond motifs is 2. The fourth-order valence-corrected chi connectivity index (χ4v) is 4.35. The number of methoxy groups -OCH3 is 2. The molecular weight excluding hydrogens is 420 g/mol. The van der Waals surface area contributed by atoms with Crippen LogP contribution in [0.3, 0.4) is 0 Å². The lowest BCUT2D eigenvalue weighted by Crippen LogP contribution is -2.31. The van der Waals surface area contributed by atoms with Gasteiger partial charge in [-0.2, -0.15) is 5.26 Å². The number of carbonyl (C=O) groups excluding carboxylic acids is 2. The third-order valence-corrected chi connectivity index (χ3v) is 6.12. The molecule has 7 heteroatoms. The molecule has 0 radical (unpaired) electrons. The van der Waals surface area contributed by atoms with Crippen molar-refractivity contribution in [3.8, 4) is 11.8 Å². The standard InChI is InChI=1S/C26H24N2O5/c1-15(29)28(2)25-22(14-27)23(17-6-5-7-18(12-17)26(30)32-4)20-11-9-16-8-10-19(31-3)13-21(16)24(20)33-25/h5-8,10,12-13,23H,9,11H2,1-4H3. The lowest BCUT2D eigenvalue weighted by atomic mass is 9.76. The number of hydrogen-bond donors (Lipinski definition) is 0. The fourth-order valence-electron chi connectivity index (χ4n) is 4.35. The minimum Gasteiger partial charge on any atom is -0.497 e. The van der Waals surface area contributed by atoms with E-state index in [1.807, 2.05) is 24.3 Å². The van der Waals surface area contributed by atoms with Crippen molar-refractivity contribution in [3.63, 3.8) is 0 Å². The zero-order valence-electron chi connectivity index (χ0n) is 19.0. The van der Waals surface area contributed by atoms with E-state index in [1.165, 1.54) is 18.9 Å². The van der Waals surface area contributed by atoms with Gasteiger partial charge in [0, 0.05) is 25.5 Å². The smallest absolute Gasteiger partial charge is 0.337 e. The van der Waals surface area contributed by atoms with Crippen molar-refractivity contribution in [1.29, 1.82) is 5.26 Å². The maximum atomic E-state index is 12.2. The number of esters is 1. The van der Waals surface area contributed by atoms with Crippen LogP contribution in [0.1, 0.15) is 46.3 Å². The molecule has 1 heterocycles. The van der Waals surface area contributed by atoms with Gasteiger partial charge in [-0.25, -0.2) is 4.79 Å². The Morgan fingerprint density at radius 3 is 2.61 bits per heavy atom. The topological polar surface area (TPSA) is 88.9 Å². The molecule has 0 aromatic heterocycles. The van der Waals surface area contributed by atoms with Gasteiger partial charge < -0.3 is 14.2 Å². The molecule has 1 unspecified atom stereocenters. The van der Waals surface area contributed by atoms with Gasteiger partial charge in [0.15, 0.2) is 0 Å². The first-order valence-corrected chi connectivity index (χ1v) is 10.5. The number of nitriles is 1. The first kappa shape index (κ1) is 22.2. The van der Waals surface area contributed by atoms with Crippen LogP contribution in [0.25, 0.3) is 5.76 Å². The van der Waals surface area contributed by atoms with Crippen molar-refractivity contribution in [2.45, 2.75) is 25.7 Å². The van der Waals surface area contributed by atoms with E-state index >= 15 is 0 Å².